The van der Waals surface area contributed by atoms with Crippen molar-refractivity contribution in [1.29, 1.82) is 0 Å². The van der Waals surface area contributed by atoms with Gasteiger partial charge in [0.15, 0.2) is 5.65 Å². The van der Waals surface area contributed by atoms with Crippen molar-refractivity contribution in [3.63, 3.8) is 0 Å². The van der Waals surface area contributed by atoms with Gasteiger partial charge in [-0.1, -0.05) is 0 Å². The predicted octanol–water partition coefficient (Wildman–Crippen LogP) is 1.88. The number of rotatable bonds is 5. The van der Waals surface area contributed by atoms with Crippen molar-refractivity contribution < 1.29 is 14.6 Å². The lowest BCUT2D eigenvalue weighted by Crippen LogP contribution is -2.35. The highest BCUT2D eigenvalue weighted by molar-refractivity contribution is 5.48. The Balaban J connectivity index is 1.40. The third-order valence-corrected chi connectivity index (χ3v) is 6.85. The Morgan fingerprint density at radius 3 is 2.77 bits per heavy atom. The second kappa shape index (κ2) is 7.42. The van der Waals surface area contributed by atoms with E-state index in [1.54, 1.807) is 13.3 Å². The Kier molecular flexibility index (Phi) is 4.82. The van der Waals surface area contributed by atoms with Crippen molar-refractivity contribution in [2.75, 3.05) is 27.3 Å². The summed E-state index contributed by atoms with van der Waals surface area (Å²) in [6.07, 6.45) is 5.20. The molecule has 3 aromatic rings. The third-order valence-electron chi connectivity index (χ3n) is 6.85. The van der Waals surface area contributed by atoms with Crippen LogP contribution in [0.5, 0.6) is 11.9 Å². The quantitative estimate of drug-likeness (QED) is 0.663. The Morgan fingerprint density at radius 2 is 2.00 bits per heavy atom. The SMILES string of the molecule is COc1ncc([C@@]2(O)CC[C@@H]3CN(Cc4cnn5c(C)cc(C)nc45)C[C@@H]32)c(OC)n1. The fourth-order valence-corrected chi connectivity index (χ4v) is 5.42. The van der Waals surface area contributed by atoms with Gasteiger partial charge in [-0.2, -0.15) is 10.1 Å². The second-order valence-electron chi connectivity index (χ2n) is 8.75. The molecule has 0 bridgehead atoms. The van der Waals surface area contributed by atoms with E-state index in [9.17, 15) is 5.11 Å². The molecular formula is C22H28N6O3. The van der Waals surface area contributed by atoms with Gasteiger partial charge in [0.25, 0.3) is 0 Å². The number of nitrogens with zero attached hydrogens (tertiary/aromatic N) is 6. The number of aliphatic hydroxyl groups is 1. The molecule has 0 unspecified atom stereocenters. The normalized spacial score (nSPS) is 25.8. The summed E-state index contributed by atoms with van der Waals surface area (Å²) in [7, 11) is 3.08. The number of hydrogen-bond donors (Lipinski definition) is 1. The number of ether oxygens (including phenoxy) is 2. The van der Waals surface area contributed by atoms with Crippen LogP contribution >= 0.6 is 0 Å². The van der Waals surface area contributed by atoms with Crippen LogP contribution in [0.15, 0.2) is 18.5 Å². The Morgan fingerprint density at radius 1 is 1.16 bits per heavy atom. The van der Waals surface area contributed by atoms with Crippen molar-refractivity contribution in [3.05, 3.63) is 41.0 Å². The summed E-state index contributed by atoms with van der Waals surface area (Å²) in [6, 6.07) is 2.27. The van der Waals surface area contributed by atoms with Crippen molar-refractivity contribution in [1.82, 2.24) is 29.5 Å². The molecular weight excluding hydrogens is 396 g/mol. The average molecular weight is 425 g/mol. The molecule has 1 saturated carbocycles. The molecule has 1 saturated heterocycles. The Hall–Kier alpha value is -2.78. The first-order valence-corrected chi connectivity index (χ1v) is 10.6. The summed E-state index contributed by atoms with van der Waals surface area (Å²) in [6.45, 7) is 6.54. The third kappa shape index (κ3) is 3.23. The summed E-state index contributed by atoms with van der Waals surface area (Å²) in [5.74, 6) is 0.887. The van der Waals surface area contributed by atoms with Crippen LogP contribution in [0.2, 0.25) is 0 Å². The molecule has 1 aliphatic heterocycles. The Labute approximate surface area is 181 Å². The van der Waals surface area contributed by atoms with E-state index < -0.39 is 5.60 Å². The first-order chi connectivity index (χ1) is 14.9. The van der Waals surface area contributed by atoms with E-state index in [1.165, 1.54) is 7.11 Å². The second-order valence-corrected chi connectivity index (χ2v) is 8.75. The molecule has 31 heavy (non-hydrogen) atoms. The number of likely N-dealkylation sites (tertiary alicyclic amines) is 1. The highest BCUT2D eigenvalue weighted by Gasteiger charge is 2.54. The van der Waals surface area contributed by atoms with Gasteiger partial charge in [-0.15, -0.1) is 0 Å². The summed E-state index contributed by atoms with van der Waals surface area (Å²) in [4.78, 5) is 15.6. The van der Waals surface area contributed by atoms with E-state index in [2.05, 4.69) is 20.0 Å². The van der Waals surface area contributed by atoms with Crippen molar-refractivity contribution in [2.24, 2.45) is 11.8 Å². The zero-order valence-electron chi connectivity index (χ0n) is 18.4. The highest BCUT2D eigenvalue weighted by atomic mass is 16.5. The molecule has 0 amide bonds. The van der Waals surface area contributed by atoms with Gasteiger partial charge in [0.2, 0.25) is 5.88 Å². The van der Waals surface area contributed by atoms with Crippen molar-refractivity contribution in [2.45, 2.75) is 38.8 Å². The minimum atomic E-state index is -1.01. The van der Waals surface area contributed by atoms with Gasteiger partial charge in [-0.25, -0.2) is 14.5 Å². The maximum atomic E-state index is 11.7. The lowest BCUT2D eigenvalue weighted by molar-refractivity contribution is -0.00970. The van der Waals surface area contributed by atoms with Crippen LogP contribution in [0, 0.1) is 25.7 Å². The van der Waals surface area contributed by atoms with Gasteiger partial charge in [-0.3, -0.25) is 4.90 Å². The lowest BCUT2D eigenvalue weighted by Gasteiger charge is -2.31. The lowest BCUT2D eigenvalue weighted by atomic mass is 9.83. The monoisotopic (exact) mass is 424 g/mol. The maximum Gasteiger partial charge on any atom is 0.319 e. The van der Waals surface area contributed by atoms with Crippen LogP contribution in [0.4, 0.5) is 0 Å². The van der Waals surface area contributed by atoms with E-state index in [0.717, 1.165) is 48.7 Å². The number of fused-ring (bicyclic) bond motifs is 2. The first-order valence-electron chi connectivity index (χ1n) is 10.6. The van der Waals surface area contributed by atoms with Gasteiger partial charge in [0, 0.05) is 48.7 Å². The van der Waals surface area contributed by atoms with E-state index in [-0.39, 0.29) is 11.9 Å². The van der Waals surface area contributed by atoms with Crippen LogP contribution < -0.4 is 9.47 Å². The fraction of sp³-hybridized carbons (Fsp3) is 0.545. The molecule has 3 aromatic heterocycles. The van der Waals surface area contributed by atoms with E-state index in [1.807, 2.05) is 30.6 Å². The number of aryl methyl sites for hydroxylation is 2. The average Bonchev–Trinajstić information content (AvgIpc) is 3.44. The zero-order chi connectivity index (χ0) is 21.8. The van der Waals surface area contributed by atoms with Crippen LogP contribution in [-0.4, -0.2) is 61.9 Å². The molecule has 0 radical (unpaired) electrons. The van der Waals surface area contributed by atoms with Crippen molar-refractivity contribution in [3.8, 4) is 11.9 Å². The van der Waals surface area contributed by atoms with Gasteiger partial charge < -0.3 is 14.6 Å². The van der Waals surface area contributed by atoms with Crippen LogP contribution in [0.25, 0.3) is 5.65 Å². The largest absolute Gasteiger partial charge is 0.481 e. The van der Waals surface area contributed by atoms with Crippen LogP contribution in [-0.2, 0) is 12.1 Å². The van der Waals surface area contributed by atoms with Crippen molar-refractivity contribution >= 4 is 5.65 Å². The van der Waals surface area contributed by atoms with Gasteiger partial charge in [0.05, 0.1) is 26.0 Å². The molecule has 2 aliphatic rings. The molecule has 0 spiro atoms. The highest BCUT2D eigenvalue weighted by Crippen LogP contribution is 2.52. The van der Waals surface area contributed by atoms with Gasteiger partial charge >= 0.3 is 6.01 Å². The Bertz CT molecular complexity index is 1130. The molecule has 9 nitrogen and oxygen atoms in total. The molecule has 9 heteroatoms. The first kappa shape index (κ1) is 20.1. The smallest absolute Gasteiger partial charge is 0.319 e. The number of aromatic nitrogens is 5. The number of hydrogen-bond acceptors (Lipinski definition) is 8. The molecule has 2 fully saturated rings. The summed E-state index contributed by atoms with van der Waals surface area (Å²) in [5.41, 5.74) is 3.73. The molecule has 1 aliphatic carbocycles. The van der Waals surface area contributed by atoms with E-state index >= 15 is 0 Å². The fourth-order valence-electron chi connectivity index (χ4n) is 5.42. The molecule has 164 valence electrons. The molecule has 1 N–H and O–H groups in total. The topological polar surface area (TPSA) is 97.9 Å². The van der Waals surface area contributed by atoms with Gasteiger partial charge in [0.1, 0.15) is 5.60 Å². The van der Waals surface area contributed by atoms with Crippen LogP contribution in [0.1, 0.15) is 35.4 Å². The minimum absolute atomic E-state index is 0.0941. The zero-order valence-corrected chi connectivity index (χ0v) is 18.4. The maximum absolute atomic E-state index is 11.7. The molecule has 5 rings (SSSR count). The van der Waals surface area contributed by atoms with Gasteiger partial charge in [-0.05, 0) is 38.7 Å². The summed E-state index contributed by atoms with van der Waals surface area (Å²) >= 11 is 0. The van der Waals surface area contributed by atoms with E-state index in [4.69, 9.17) is 14.5 Å². The van der Waals surface area contributed by atoms with Crippen LogP contribution in [0.3, 0.4) is 0 Å². The summed E-state index contributed by atoms with van der Waals surface area (Å²) < 4.78 is 12.5. The molecule has 4 heterocycles. The van der Waals surface area contributed by atoms with E-state index in [0.29, 0.717) is 23.8 Å². The number of methoxy groups -OCH3 is 2. The standard InChI is InChI=1S/C22H28N6O3/c1-13-7-14(2)28-19(25-13)16(8-24-28)11-27-10-15-5-6-22(29,18(15)12-27)17-9-23-21(31-4)26-20(17)30-3/h7-9,15,18,29H,5-6,10-12H2,1-4H3/t15-,18+,22+/m1/s1. The predicted molar refractivity (Wildman–Crippen MR) is 113 cm³/mol. The molecule has 3 atom stereocenters. The minimum Gasteiger partial charge on any atom is -0.481 e. The molecule has 0 aromatic carbocycles. The summed E-state index contributed by atoms with van der Waals surface area (Å²) in [5, 5.41) is 16.3.